The zero-order valence-corrected chi connectivity index (χ0v) is 17.4. The predicted octanol–water partition coefficient (Wildman–Crippen LogP) is 3.02. The minimum atomic E-state index is -3.17. The van der Waals surface area contributed by atoms with E-state index >= 15 is 0 Å². The molecule has 1 aromatic carbocycles. The zero-order valence-electron chi connectivity index (χ0n) is 13.6. The molecule has 2 heterocycles. The number of hydrogen-bond acceptors (Lipinski definition) is 5. The Hall–Kier alpha value is -1.04. The largest absolute Gasteiger partial charge is 0.302 e. The van der Waals surface area contributed by atoms with Crippen LogP contribution in [0, 0.1) is 9.49 Å². The molecule has 25 heavy (non-hydrogen) atoms. The first-order valence-electron chi connectivity index (χ1n) is 7.80. The van der Waals surface area contributed by atoms with Crippen molar-refractivity contribution in [1.29, 1.82) is 0 Å². The smallest absolute Gasteiger partial charge is 0.229 e. The number of aromatic nitrogens is 1. The molecule has 0 saturated carbocycles. The lowest BCUT2D eigenvalue weighted by Crippen LogP contribution is -2.40. The standard InChI is InChI=1S/C16H18IN3O3S2/c1-25(22,23)20-8-6-12(7-9-20)15(21)19-16-18-14(10-24-16)11-2-4-13(17)5-3-11/h2-5,10,12H,6-9H2,1H3,(H,18,19,21). The molecule has 3 rings (SSSR count). The van der Waals surface area contributed by atoms with Crippen LogP contribution in [0.2, 0.25) is 0 Å². The number of carbonyl (C=O) groups is 1. The van der Waals surface area contributed by atoms with Crippen molar-refractivity contribution in [2.75, 3.05) is 24.7 Å². The van der Waals surface area contributed by atoms with Gasteiger partial charge >= 0.3 is 0 Å². The molecule has 1 amide bonds. The summed E-state index contributed by atoms with van der Waals surface area (Å²) in [5.74, 6) is -0.264. The second kappa shape index (κ2) is 7.68. The van der Waals surface area contributed by atoms with Gasteiger partial charge in [-0.25, -0.2) is 17.7 Å². The lowest BCUT2D eigenvalue weighted by molar-refractivity contribution is -0.120. The molecule has 134 valence electrons. The molecule has 0 spiro atoms. The molecule has 0 radical (unpaired) electrons. The number of hydrogen-bond donors (Lipinski definition) is 1. The molecule has 1 fully saturated rings. The van der Waals surface area contributed by atoms with E-state index in [4.69, 9.17) is 0 Å². The van der Waals surface area contributed by atoms with Gasteiger partial charge in [0.2, 0.25) is 15.9 Å². The summed E-state index contributed by atoms with van der Waals surface area (Å²) < 4.78 is 25.6. The predicted molar refractivity (Wildman–Crippen MR) is 108 cm³/mol. The second-order valence-corrected chi connectivity index (χ2v) is 10.1. The molecule has 6 nitrogen and oxygen atoms in total. The number of sulfonamides is 1. The third kappa shape index (κ3) is 4.78. The monoisotopic (exact) mass is 491 g/mol. The Kier molecular flexibility index (Phi) is 5.76. The van der Waals surface area contributed by atoms with Gasteiger partial charge in [0.15, 0.2) is 5.13 Å². The normalized spacial score (nSPS) is 16.7. The van der Waals surface area contributed by atoms with Crippen LogP contribution in [0.1, 0.15) is 12.8 Å². The van der Waals surface area contributed by atoms with Gasteiger partial charge < -0.3 is 5.32 Å². The summed E-state index contributed by atoms with van der Waals surface area (Å²) in [6.45, 7) is 0.783. The van der Waals surface area contributed by atoms with Crippen LogP contribution in [0.25, 0.3) is 11.3 Å². The molecule has 0 atom stereocenters. The van der Waals surface area contributed by atoms with Crippen LogP contribution in [-0.2, 0) is 14.8 Å². The number of piperidine rings is 1. The van der Waals surface area contributed by atoms with Gasteiger partial charge in [0, 0.05) is 33.5 Å². The van der Waals surface area contributed by atoms with Crippen LogP contribution in [-0.4, -0.2) is 43.0 Å². The molecule has 2 aromatic rings. The molecule has 0 bridgehead atoms. The first-order chi connectivity index (χ1) is 11.8. The highest BCUT2D eigenvalue weighted by Gasteiger charge is 2.29. The van der Waals surface area contributed by atoms with E-state index in [1.807, 2.05) is 29.6 Å². The number of nitrogens with zero attached hydrogens (tertiary/aromatic N) is 2. The van der Waals surface area contributed by atoms with E-state index in [0.29, 0.717) is 31.1 Å². The summed E-state index contributed by atoms with van der Waals surface area (Å²) in [6.07, 6.45) is 2.28. The third-order valence-corrected chi connectivity index (χ3v) is 6.95. The average molecular weight is 491 g/mol. The summed E-state index contributed by atoms with van der Waals surface area (Å²) in [6, 6.07) is 8.04. The maximum atomic E-state index is 12.4. The quantitative estimate of drug-likeness (QED) is 0.668. The minimum absolute atomic E-state index is 0.0864. The summed E-state index contributed by atoms with van der Waals surface area (Å²) in [5, 5.41) is 5.36. The summed E-state index contributed by atoms with van der Waals surface area (Å²) >= 11 is 3.65. The van der Waals surface area contributed by atoms with Crippen LogP contribution >= 0.6 is 33.9 Å². The van der Waals surface area contributed by atoms with E-state index in [9.17, 15) is 13.2 Å². The number of carbonyl (C=O) groups excluding carboxylic acids is 1. The number of amides is 1. The van der Waals surface area contributed by atoms with Gasteiger partial charge in [0.1, 0.15) is 0 Å². The highest BCUT2D eigenvalue weighted by Crippen LogP contribution is 2.27. The lowest BCUT2D eigenvalue weighted by atomic mass is 9.97. The Labute approximate surface area is 164 Å². The first-order valence-corrected chi connectivity index (χ1v) is 11.6. The van der Waals surface area contributed by atoms with Crippen molar-refractivity contribution in [3.05, 3.63) is 33.2 Å². The Morgan fingerprint density at radius 1 is 1.28 bits per heavy atom. The van der Waals surface area contributed by atoms with Gasteiger partial charge in [-0.3, -0.25) is 4.79 Å². The van der Waals surface area contributed by atoms with Gasteiger partial charge in [-0.1, -0.05) is 12.1 Å². The molecular formula is C16H18IN3O3S2. The molecular weight excluding hydrogens is 473 g/mol. The third-order valence-electron chi connectivity index (χ3n) is 4.17. The number of thiazole rings is 1. The van der Waals surface area contributed by atoms with Gasteiger partial charge in [-0.2, -0.15) is 0 Å². The van der Waals surface area contributed by atoms with E-state index in [-0.39, 0.29) is 11.8 Å². The molecule has 1 saturated heterocycles. The number of nitrogens with one attached hydrogen (secondary N) is 1. The van der Waals surface area contributed by atoms with Crippen molar-refractivity contribution >= 4 is 55.0 Å². The lowest BCUT2D eigenvalue weighted by Gasteiger charge is -2.29. The van der Waals surface area contributed by atoms with Crippen LogP contribution in [0.5, 0.6) is 0 Å². The van der Waals surface area contributed by atoms with E-state index in [2.05, 4.69) is 32.9 Å². The summed E-state index contributed by atoms with van der Waals surface area (Å²) in [5.41, 5.74) is 1.85. The van der Waals surface area contributed by atoms with Crippen molar-refractivity contribution in [3.8, 4) is 11.3 Å². The SMILES string of the molecule is CS(=O)(=O)N1CCC(C(=O)Nc2nc(-c3ccc(I)cc3)cs2)CC1. The number of anilines is 1. The highest BCUT2D eigenvalue weighted by molar-refractivity contribution is 14.1. The molecule has 1 aromatic heterocycles. The zero-order chi connectivity index (χ0) is 18.0. The Morgan fingerprint density at radius 3 is 2.52 bits per heavy atom. The first kappa shape index (κ1) is 18.7. The Morgan fingerprint density at radius 2 is 1.92 bits per heavy atom. The van der Waals surface area contributed by atoms with Crippen molar-refractivity contribution in [3.63, 3.8) is 0 Å². The van der Waals surface area contributed by atoms with E-state index in [1.165, 1.54) is 21.9 Å². The van der Waals surface area contributed by atoms with Crippen molar-refractivity contribution < 1.29 is 13.2 Å². The maximum Gasteiger partial charge on any atom is 0.229 e. The van der Waals surface area contributed by atoms with E-state index in [0.717, 1.165) is 14.8 Å². The topological polar surface area (TPSA) is 79.4 Å². The van der Waals surface area contributed by atoms with Gasteiger partial charge in [-0.05, 0) is 47.6 Å². The fourth-order valence-corrected chi connectivity index (χ4v) is 4.70. The molecule has 1 N–H and O–H groups in total. The Bertz CT molecular complexity index is 857. The van der Waals surface area contributed by atoms with Crippen LogP contribution < -0.4 is 5.32 Å². The molecule has 0 unspecified atom stereocenters. The van der Waals surface area contributed by atoms with Crippen LogP contribution in [0.4, 0.5) is 5.13 Å². The second-order valence-electron chi connectivity index (χ2n) is 5.97. The van der Waals surface area contributed by atoms with Gasteiger partial charge in [0.25, 0.3) is 0 Å². The number of halogens is 1. The van der Waals surface area contributed by atoms with Crippen LogP contribution in [0.15, 0.2) is 29.6 Å². The summed E-state index contributed by atoms with van der Waals surface area (Å²) in [4.78, 5) is 16.9. The molecule has 1 aliphatic rings. The van der Waals surface area contributed by atoms with E-state index < -0.39 is 10.0 Å². The summed E-state index contributed by atoms with van der Waals surface area (Å²) in [7, 11) is -3.17. The highest BCUT2D eigenvalue weighted by atomic mass is 127. The molecule has 0 aliphatic carbocycles. The maximum absolute atomic E-state index is 12.4. The van der Waals surface area contributed by atoms with Crippen LogP contribution in [0.3, 0.4) is 0 Å². The molecule has 9 heteroatoms. The fourth-order valence-electron chi connectivity index (χ4n) is 2.74. The Balaban J connectivity index is 1.60. The number of rotatable bonds is 4. The minimum Gasteiger partial charge on any atom is -0.302 e. The van der Waals surface area contributed by atoms with Crippen molar-refractivity contribution in [2.45, 2.75) is 12.8 Å². The average Bonchev–Trinajstić information content (AvgIpc) is 3.03. The van der Waals surface area contributed by atoms with Crippen molar-refractivity contribution in [1.82, 2.24) is 9.29 Å². The van der Waals surface area contributed by atoms with Gasteiger partial charge in [0.05, 0.1) is 11.9 Å². The van der Waals surface area contributed by atoms with E-state index in [1.54, 1.807) is 0 Å². The van der Waals surface area contributed by atoms with Crippen molar-refractivity contribution in [2.24, 2.45) is 5.92 Å². The number of benzene rings is 1. The van der Waals surface area contributed by atoms with Gasteiger partial charge in [-0.15, -0.1) is 11.3 Å². The fraction of sp³-hybridized carbons (Fsp3) is 0.375. The molecule has 1 aliphatic heterocycles.